The SMILES string of the molecule is CC(N)[C@@H]1CCN(c2nc3c(cc2F)c(=O)c(C(=O)O)cn3C2CC2)C1. The fourth-order valence-electron chi connectivity index (χ4n) is 3.65. The van der Waals surface area contributed by atoms with E-state index in [1.807, 2.05) is 11.8 Å². The highest BCUT2D eigenvalue weighted by Gasteiger charge is 2.31. The number of nitrogens with two attached hydrogens (primary N) is 1. The maximum Gasteiger partial charge on any atom is 0.341 e. The summed E-state index contributed by atoms with van der Waals surface area (Å²) in [6, 6.07) is 1.26. The molecule has 0 aromatic carbocycles. The molecule has 4 rings (SSSR count). The fourth-order valence-corrected chi connectivity index (χ4v) is 3.65. The number of nitrogens with zero attached hydrogens (tertiary/aromatic N) is 3. The van der Waals surface area contributed by atoms with Crippen molar-refractivity contribution in [2.24, 2.45) is 11.7 Å². The van der Waals surface area contributed by atoms with Gasteiger partial charge in [-0.2, -0.15) is 0 Å². The van der Waals surface area contributed by atoms with Crippen molar-refractivity contribution in [1.29, 1.82) is 0 Å². The van der Waals surface area contributed by atoms with Crippen LogP contribution < -0.4 is 16.1 Å². The molecule has 0 bridgehead atoms. The van der Waals surface area contributed by atoms with Gasteiger partial charge in [0.2, 0.25) is 5.43 Å². The highest BCUT2D eigenvalue weighted by atomic mass is 19.1. The third-order valence-corrected chi connectivity index (χ3v) is 5.38. The maximum absolute atomic E-state index is 14.7. The standard InChI is InChI=1S/C18H21FN4O3/c1-9(20)10-4-5-22(7-10)17-14(19)6-12-15(24)13(18(25)26)8-23(11-2-3-11)16(12)21-17/h6,8-11H,2-5,7,20H2,1H3,(H,25,26)/t9?,10-/m1/s1. The van der Waals surface area contributed by atoms with Gasteiger partial charge in [0, 0.05) is 31.4 Å². The van der Waals surface area contributed by atoms with Crippen molar-refractivity contribution in [3.63, 3.8) is 0 Å². The van der Waals surface area contributed by atoms with Gasteiger partial charge in [-0.15, -0.1) is 0 Å². The summed E-state index contributed by atoms with van der Waals surface area (Å²) >= 11 is 0. The van der Waals surface area contributed by atoms with Crippen LogP contribution in [0.4, 0.5) is 10.2 Å². The lowest BCUT2D eigenvalue weighted by molar-refractivity contribution is 0.0695. The van der Waals surface area contributed by atoms with Crippen LogP contribution in [0.25, 0.3) is 11.0 Å². The molecule has 26 heavy (non-hydrogen) atoms. The Morgan fingerprint density at radius 3 is 2.73 bits per heavy atom. The third kappa shape index (κ3) is 2.74. The van der Waals surface area contributed by atoms with Crippen LogP contribution in [0.15, 0.2) is 17.1 Å². The van der Waals surface area contributed by atoms with E-state index < -0.39 is 17.2 Å². The minimum atomic E-state index is -1.31. The van der Waals surface area contributed by atoms with Crippen molar-refractivity contribution in [2.75, 3.05) is 18.0 Å². The number of pyridine rings is 2. The number of aromatic carboxylic acids is 1. The lowest BCUT2D eigenvalue weighted by atomic mass is 10.0. The molecule has 8 heteroatoms. The first kappa shape index (κ1) is 17.0. The van der Waals surface area contributed by atoms with E-state index in [9.17, 15) is 19.1 Å². The van der Waals surface area contributed by atoms with Gasteiger partial charge in [0.15, 0.2) is 11.6 Å². The number of carboxylic acids is 1. The second kappa shape index (κ2) is 6.05. The van der Waals surface area contributed by atoms with Gasteiger partial charge in [-0.1, -0.05) is 0 Å². The lowest BCUT2D eigenvalue weighted by Crippen LogP contribution is -2.30. The largest absolute Gasteiger partial charge is 0.477 e. The van der Waals surface area contributed by atoms with Crippen LogP contribution >= 0.6 is 0 Å². The van der Waals surface area contributed by atoms with E-state index in [1.165, 1.54) is 6.20 Å². The molecular weight excluding hydrogens is 339 g/mol. The molecule has 1 saturated heterocycles. The summed E-state index contributed by atoms with van der Waals surface area (Å²) < 4.78 is 16.4. The molecule has 7 nitrogen and oxygen atoms in total. The first-order valence-corrected chi connectivity index (χ1v) is 8.86. The van der Waals surface area contributed by atoms with Crippen LogP contribution in [0.3, 0.4) is 0 Å². The Morgan fingerprint density at radius 2 is 2.15 bits per heavy atom. The number of fused-ring (bicyclic) bond motifs is 1. The number of carbonyl (C=O) groups is 1. The molecule has 0 radical (unpaired) electrons. The minimum absolute atomic E-state index is 0.0148. The molecule has 2 fully saturated rings. The molecule has 1 aliphatic heterocycles. The van der Waals surface area contributed by atoms with Crippen molar-refractivity contribution in [3.8, 4) is 0 Å². The van der Waals surface area contributed by atoms with E-state index >= 15 is 0 Å². The Balaban J connectivity index is 1.86. The number of carboxylic acid groups (broad SMARTS) is 1. The van der Waals surface area contributed by atoms with E-state index in [2.05, 4.69) is 4.98 Å². The minimum Gasteiger partial charge on any atom is -0.477 e. The first-order chi connectivity index (χ1) is 12.4. The Bertz CT molecular complexity index is 952. The monoisotopic (exact) mass is 360 g/mol. The maximum atomic E-state index is 14.7. The normalized spacial score (nSPS) is 21.3. The summed E-state index contributed by atoms with van der Waals surface area (Å²) in [5.74, 6) is -1.44. The van der Waals surface area contributed by atoms with Crippen molar-refractivity contribution in [2.45, 2.75) is 38.3 Å². The molecule has 3 N–H and O–H groups in total. The molecule has 2 aliphatic rings. The van der Waals surface area contributed by atoms with Gasteiger partial charge in [0.25, 0.3) is 0 Å². The zero-order valence-corrected chi connectivity index (χ0v) is 14.5. The number of rotatable bonds is 4. The molecule has 1 unspecified atom stereocenters. The third-order valence-electron chi connectivity index (χ3n) is 5.38. The molecule has 2 aromatic heterocycles. The zero-order valence-electron chi connectivity index (χ0n) is 14.5. The van der Waals surface area contributed by atoms with Crippen molar-refractivity contribution in [3.05, 3.63) is 33.9 Å². The molecule has 1 aliphatic carbocycles. The summed E-state index contributed by atoms with van der Waals surface area (Å²) in [6.07, 6.45) is 3.99. The van der Waals surface area contributed by atoms with E-state index in [1.54, 1.807) is 4.57 Å². The Labute approximate surface area is 149 Å². The number of hydrogen-bond acceptors (Lipinski definition) is 5. The molecule has 138 valence electrons. The quantitative estimate of drug-likeness (QED) is 0.861. The number of anilines is 1. The highest BCUT2D eigenvalue weighted by Crippen LogP contribution is 2.37. The summed E-state index contributed by atoms with van der Waals surface area (Å²) in [7, 11) is 0. The smallest absolute Gasteiger partial charge is 0.341 e. The average Bonchev–Trinajstić information content (AvgIpc) is 3.30. The molecular formula is C18H21FN4O3. The van der Waals surface area contributed by atoms with Crippen LogP contribution in [-0.2, 0) is 0 Å². The summed E-state index contributed by atoms with van der Waals surface area (Å²) in [5, 5.41) is 9.30. The number of hydrogen-bond donors (Lipinski definition) is 2. The predicted molar refractivity (Wildman–Crippen MR) is 95.2 cm³/mol. The van der Waals surface area contributed by atoms with Gasteiger partial charge >= 0.3 is 5.97 Å². The molecule has 1 saturated carbocycles. The van der Waals surface area contributed by atoms with Crippen molar-refractivity contribution in [1.82, 2.24) is 9.55 Å². The molecule has 0 amide bonds. The van der Waals surface area contributed by atoms with Crippen LogP contribution in [-0.4, -0.2) is 39.8 Å². The van der Waals surface area contributed by atoms with Gasteiger partial charge in [-0.25, -0.2) is 14.2 Å². The summed E-state index contributed by atoms with van der Waals surface area (Å²) in [6.45, 7) is 3.22. The topological polar surface area (TPSA) is 101 Å². The Hall–Kier alpha value is -2.48. The second-order valence-corrected chi connectivity index (χ2v) is 7.33. The Kier molecular flexibility index (Phi) is 3.95. The highest BCUT2D eigenvalue weighted by molar-refractivity contribution is 5.92. The second-order valence-electron chi connectivity index (χ2n) is 7.33. The van der Waals surface area contributed by atoms with Crippen molar-refractivity contribution < 1.29 is 14.3 Å². The van der Waals surface area contributed by atoms with Gasteiger partial charge in [0.05, 0.1) is 5.39 Å². The van der Waals surface area contributed by atoms with E-state index in [-0.39, 0.29) is 34.8 Å². The Morgan fingerprint density at radius 1 is 1.42 bits per heavy atom. The average molecular weight is 360 g/mol. The molecule has 2 atom stereocenters. The summed E-state index contributed by atoms with van der Waals surface area (Å²) in [4.78, 5) is 30.1. The van der Waals surface area contributed by atoms with Gasteiger partial charge < -0.3 is 20.3 Å². The van der Waals surface area contributed by atoms with Gasteiger partial charge in [-0.05, 0) is 38.2 Å². The van der Waals surface area contributed by atoms with Crippen LogP contribution in [0, 0.1) is 11.7 Å². The van der Waals surface area contributed by atoms with Crippen LogP contribution in [0.2, 0.25) is 0 Å². The van der Waals surface area contributed by atoms with E-state index in [4.69, 9.17) is 5.73 Å². The predicted octanol–water partition coefficient (Wildman–Crippen LogP) is 1.74. The number of halogens is 1. The van der Waals surface area contributed by atoms with Crippen LogP contribution in [0.1, 0.15) is 42.6 Å². The summed E-state index contributed by atoms with van der Waals surface area (Å²) in [5.41, 5.74) is 5.26. The van der Waals surface area contributed by atoms with Crippen LogP contribution in [0.5, 0.6) is 0 Å². The molecule has 0 spiro atoms. The first-order valence-electron chi connectivity index (χ1n) is 8.86. The molecule has 3 heterocycles. The number of aromatic nitrogens is 2. The van der Waals surface area contributed by atoms with E-state index in [0.717, 1.165) is 25.3 Å². The lowest BCUT2D eigenvalue weighted by Gasteiger charge is -2.21. The van der Waals surface area contributed by atoms with Gasteiger partial charge in [0.1, 0.15) is 11.2 Å². The molecule has 2 aromatic rings. The fraction of sp³-hybridized carbons (Fsp3) is 0.500. The van der Waals surface area contributed by atoms with Crippen molar-refractivity contribution >= 4 is 22.8 Å². The van der Waals surface area contributed by atoms with Gasteiger partial charge in [-0.3, -0.25) is 4.79 Å². The zero-order chi connectivity index (χ0) is 18.6. The van der Waals surface area contributed by atoms with E-state index in [0.29, 0.717) is 18.7 Å².